The summed E-state index contributed by atoms with van der Waals surface area (Å²) in [5, 5.41) is 11.5. The van der Waals surface area contributed by atoms with Crippen LogP contribution >= 0.6 is 0 Å². The van der Waals surface area contributed by atoms with Gasteiger partial charge in [0.15, 0.2) is 5.65 Å². The Labute approximate surface area is 154 Å². The summed E-state index contributed by atoms with van der Waals surface area (Å²) in [6.07, 6.45) is 15.3. The van der Waals surface area contributed by atoms with Crippen molar-refractivity contribution in [3.05, 3.63) is 60.6 Å². The van der Waals surface area contributed by atoms with Gasteiger partial charge in [0.2, 0.25) is 0 Å². The van der Waals surface area contributed by atoms with Gasteiger partial charge in [-0.1, -0.05) is 42.5 Å². The van der Waals surface area contributed by atoms with Crippen molar-refractivity contribution in [3.8, 4) is 0 Å². The molecule has 1 saturated carbocycles. The average molecular weight is 347 g/mol. The van der Waals surface area contributed by atoms with Crippen LogP contribution in [0.4, 0.5) is 5.82 Å². The first-order valence-electron chi connectivity index (χ1n) is 9.49. The molecule has 0 amide bonds. The Balaban J connectivity index is 1.24. The molecule has 1 aliphatic rings. The summed E-state index contributed by atoms with van der Waals surface area (Å²) in [6, 6.07) is 11.2. The third-order valence-corrected chi connectivity index (χ3v) is 5.21. The smallest absolute Gasteiger partial charge is 0.160 e. The first kappa shape index (κ1) is 16.8. The maximum atomic E-state index is 4.39. The predicted octanol–water partition coefficient (Wildman–Crippen LogP) is 4.51. The van der Waals surface area contributed by atoms with Gasteiger partial charge in [0.25, 0.3) is 0 Å². The number of hydrogen-bond donors (Lipinski definition) is 2. The predicted molar refractivity (Wildman–Crippen MR) is 105 cm³/mol. The average Bonchev–Trinajstić information content (AvgIpc) is 3.17. The molecule has 0 aliphatic heterocycles. The summed E-state index contributed by atoms with van der Waals surface area (Å²) < 4.78 is 0. The van der Waals surface area contributed by atoms with Crippen molar-refractivity contribution in [3.63, 3.8) is 0 Å². The van der Waals surface area contributed by atoms with Crippen LogP contribution in [-0.2, 0) is 6.42 Å². The Kier molecular flexibility index (Phi) is 5.24. The van der Waals surface area contributed by atoms with Gasteiger partial charge < -0.3 is 5.32 Å². The number of nitrogens with zero attached hydrogens (tertiary/aromatic N) is 3. The van der Waals surface area contributed by atoms with Crippen molar-refractivity contribution in [2.45, 2.75) is 44.6 Å². The fraction of sp³-hybridized carbons (Fsp3) is 0.381. The Morgan fingerprint density at radius 2 is 1.92 bits per heavy atom. The van der Waals surface area contributed by atoms with Crippen LogP contribution < -0.4 is 5.32 Å². The minimum atomic E-state index is 0.483. The zero-order valence-electron chi connectivity index (χ0n) is 14.9. The lowest BCUT2D eigenvalue weighted by atomic mass is 9.85. The molecule has 2 aromatic heterocycles. The second kappa shape index (κ2) is 8.13. The number of allylic oxidation sites excluding steroid dienone is 2. The van der Waals surface area contributed by atoms with E-state index in [1.165, 1.54) is 31.2 Å². The lowest BCUT2D eigenvalue weighted by Gasteiger charge is -2.28. The van der Waals surface area contributed by atoms with E-state index in [1.807, 2.05) is 0 Å². The monoisotopic (exact) mass is 347 g/mol. The van der Waals surface area contributed by atoms with Crippen molar-refractivity contribution in [2.75, 3.05) is 5.32 Å². The zero-order valence-corrected chi connectivity index (χ0v) is 14.9. The molecule has 26 heavy (non-hydrogen) atoms. The third kappa shape index (κ3) is 4.10. The van der Waals surface area contributed by atoms with Crippen molar-refractivity contribution in [1.29, 1.82) is 0 Å². The molecule has 4 rings (SSSR count). The number of aromatic amines is 1. The first-order valence-corrected chi connectivity index (χ1v) is 9.49. The molecule has 1 fully saturated rings. The standard InChI is InChI=1S/C21H25N5/c1-2-6-16(7-3-1)8-4-5-9-17-10-12-18(13-11-17)25-20-19-14-24-26-21(19)23-15-22-20/h1-3,5-7,9,14-15,17-18H,4,8,10-13H2,(H2,22,23,24,25,26). The Hall–Kier alpha value is -2.69. The second-order valence-corrected chi connectivity index (χ2v) is 7.06. The molecule has 2 N–H and O–H groups in total. The van der Waals surface area contributed by atoms with Crippen LogP contribution in [0.1, 0.15) is 37.7 Å². The normalized spacial score (nSPS) is 20.6. The number of hydrogen-bond acceptors (Lipinski definition) is 4. The molecule has 3 aromatic rings. The second-order valence-electron chi connectivity index (χ2n) is 7.06. The molecular formula is C21H25N5. The van der Waals surface area contributed by atoms with Crippen LogP contribution in [0.5, 0.6) is 0 Å². The van der Waals surface area contributed by atoms with E-state index >= 15 is 0 Å². The fourth-order valence-corrected chi connectivity index (χ4v) is 3.71. The molecule has 1 aromatic carbocycles. The number of benzene rings is 1. The summed E-state index contributed by atoms with van der Waals surface area (Å²) in [4.78, 5) is 8.58. The van der Waals surface area contributed by atoms with Crippen molar-refractivity contribution in [2.24, 2.45) is 5.92 Å². The summed E-state index contributed by atoms with van der Waals surface area (Å²) in [6.45, 7) is 0. The highest BCUT2D eigenvalue weighted by Gasteiger charge is 2.20. The minimum Gasteiger partial charge on any atom is -0.367 e. The summed E-state index contributed by atoms with van der Waals surface area (Å²) in [5.74, 6) is 1.61. The van der Waals surface area contributed by atoms with E-state index in [0.29, 0.717) is 12.0 Å². The van der Waals surface area contributed by atoms with Crippen LogP contribution in [0.2, 0.25) is 0 Å². The summed E-state index contributed by atoms with van der Waals surface area (Å²) in [5.41, 5.74) is 2.21. The number of fused-ring (bicyclic) bond motifs is 1. The fourth-order valence-electron chi connectivity index (χ4n) is 3.71. The Morgan fingerprint density at radius 1 is 1.08 bits per heavy atom. The van der Waals surface area contributed by atoms with Gasteiger partial charge in [-0.2, -0.15) is 5.10 Å². The Bertz CT molecular complexity index is 847. The highest BCUT2D eigenvalue weighted by molar-refractivity contribution is 5.85. The van der Waals surface area contributed by atoms with Crippen molar-refractivity contribution in [1.82, 2.24) is 20.2 Å². The van der Waals surface area contributed by atoms with Gasteiger partial charge in [0.1, 0.15) is 12.1 Å². The van der Waals surface area contributed by atoms with E-state index < -0.39 is 0 Å². The van der Waals surface area contributed by atoms with E-state index in [9.17, 15) is 0 Å². The number of aromatic nitrogens is 4. The van der Waals surface area contributed by atoms with E-state index in [1.54, 1.807) is 12.5 Å². The first-order chi connectivity index (χ1) is 12.9. The van der Waals surface area contributed by atoms with E-state index in [4.69, 9.17) is 0 Å². The van der Waals surface area contributed by atoms with E-state index in [0.717, 1.165) is 29.7 Å². The van der Waals surface area contributed by atoms with Gasteiger partial charge in [0.05, 0.1) is 11.6 Å². The van der Waals surface area contributed by atoms with Crippen LogP contribution in [0.25, 0.3) is 11.0 Å². The van der Waals surface area contributed by atoms with Gasteiger partial charge in [-0.3, -0.25) is 5.10 Å². The Morgan fingerprint density at radius 3 is 2.77 bits per heavy atom. The van der Waals surface area contributed by atoms with E-state index in [-0.39, 0.29) is 0 Å². The van der Waals surface area contributed by atoms with Crippen LogP contribution in [0, 0.1) is 5.92 Å². The van der Waals surface area contributed by atoms with Gasteiger partial charge in [-0.25, -0.2) is 9.97 Å². The molecule has 5 nitrogen and oxygen atoms in total. The van der Waals surface area contributed by atoms with Crippen LogP contribution in [-0.4, -0.2) is 26.2 Å². The largest absolute Gasteiger partial charge is 0.367 e. The maximum Gasteiger partial charge on any atom is 0.160 e. The molecule has 0 spiro atoms. The molecule has 1 aliphatic carbocycles. The molecule has 0 saturated heterocycles. The van der Waals surface area contributed by atoms with E-state index in [2.05, 4.69) is 68.0 Å². The number of aryl methyl sites for hydroxylation is 1. The molecular weight excluding hydrogens is 322 g/mol. The lowest BCUT2D eigenvalue weighted by Crippen LogP contribution is -2.26. The lowest BCUT2D eigenvalue weighted by molar-refractivity contribution is 0.390. The molecule has 134 valence electrons. The number of nitrogens with one attached hydrogen (secondary N) is 2. The van der Waals surface area contributed by atoms with Crippen molar-refractivity contribution < 1.29 is 0 Å². The molecule has 5 heteroatoms. The summed E-state index contributed by atoms with van der Waals surface area (Å²) >= 11 is 0. The molecule has 0 atom stereocenters. The SMILES string of the molecule is C(=CC1CCC(Nc2ncnc3[nH]ncc23)CC1)CCc1ccccc1. The van der Waals surface area contributed by atoms with Gasteiger partial charge in [-0.15, -0.1) is 0 Å². The molecule has 0 unspecified atom stereocenters. The molecule has 0 bridgehead atoms. The molecule has 2 heterocycles. The minimum absolute atomic E-state index is 0.483. The topological polar surface area (TPSA) is 66.5 Å². The quantitative estimate of drug-likeness (QED) is 0.644. The maximum absolute atomic E-state index is 4.39. The number of H-pyrrole nitrogens is 1. The van der Waals surface area contributed by atoms with Gasteiger partial charge in [0, 0.05) is 6.04 Å². The third-order valence-electron chi connectivity index (χ3n) is 5.21. The highest BCUT2D eigenvalue weighted by atomic mass is 15.2. The molecule has 0 radical (unpaired) electrons. The van der Waals surface area contributed by atoms with Gasteiger partial charge >= 0.3 is 0 Å². The van der Waals surface area contributed by atoms with Gasteiger partial charge in [-0.05, 0) is 50.0 Å². The van der Waals surface area contributed by atoms with Crippen LogP contribution in [0.15, 0.2) is 55.0 Å². The number of rotatable bonds is 6. The summed E-state index contributed by atoms with van der Waals surface area (Å²) in [7, 11) is 0. The highest BCUT2D eigenvalue weighted by Crippen LogP contribution is 2.28. The number of anilines is 1. The van der Waals surface area contributed by atoms with Crippen LogP contribution in [0.3, 0.4) is 0 Å². The van der Waals surface area contributed by atoms with Crippen molar-refractivity contribution >= 4 is 16.9 Å². The zero-order chi connectivity index (χ0) is 17.6.